The number of allylic oxidation sites excluding steroid dienone is 2. The molecular formula is C21H28N2O5. The van der Waals surface area contributed by atoms with Gasteiger partial charge in [-0.1, -0.05) is 18.2 Å². The van der Waals surface area contributed by atoms with Gasteiger partial charge in [0.25, 0.3) is 0 Å². The number of carbonyl (C=O) groups is 2. The maximum Gasteiger partial charge on any atom is 0.430 e. The van der Waals surface area contributed by atoms with Crippen molar-refractivity contribution >= 4 is 17.6 Å². The molecule has 0 saturated heterocycles. The van der Waals surface area contributed by atoms with Gasteiger partial charge in [-0.15, -0.1) is 0 Å². The summed E-state index contributed by atoms with van der Waals surface area (Å²) in [6.07, 6.45) is 0.956. The van der Waals surface area contributed by atoms with Crippen molar-refractivity contribution in [2.45, 2.75) is 52.1 Å². The predicted octanol–water partition coefficient (Wildman–Crippen LogP) is 4.03. The first-order valence-corrected chi connectivity index (χ1v) is 9.24. The van der Waals surface area contributed by atoms with Gasteiger partial charge in [-0.25, -0.2) is 9.80 Å². The standard InChI is InChI=1S/C21H28N2O5/c1-21(2,3)28-20(26)23(4)22-15-10-8-11-16(24)19(15)17(25)13-14-9-6-7-12-18(14)27-5/h6-7,9,12,25H,8,10-11,13H2,1-5H3. The molecule has 1 saturated carbocycles. The van der Waals surface area contributed by atoms with E-state index < -0.39 is 11.7 Å². The number of para-hydroxylation sites is 1. The number of rotatable bonds is 4. The molecular weight excluding hydrogens is 360 g/mol. The number of ether oxygens (including phenoxy) is 2. The highest BCUT2D eigenvalue weighted by Gasteiger charge is 2.28. The molecule has 2 rings (SSSR count). The van der Waals surface area contributed by atoms with Crippen molar-refractivity contribution in [2.24, 2.45) is 5.10 Å². The summed E-state index contributed by atoms with van der Waals surface area (Å²) < 4.78 is 10.6. The third kappa shape index (κ3) is 5.58. The molecule has 1 aromatic carbocycles. The van der Waals surface area contributed by atoms with E-state index in [9.17, 15) is 14.7 Å². The lowest BCUT2D eigenvalue weighted by Crippen LogP contribution is -2.33. The molecule has 7 heteroatoms. The minimum atomic E-state index is -0.654. The predicted molar refractivity (Wildman–Crippen MR) is 107 cm³/mol. The molecule has 0 unspecified atom stereocenters. The van der Waals surface area contributed by atoms with Crippen LogP contribution in [-0.4, -0.2) is 47.5 Å². The highest BCUT2D eigenvalue weighted by Crippen LogP contribution is 2.26. The van der Waals surface area contributed by atoms with Gasteiger partial charge in [0, 0.05) is 25.5 Å². The number of methoxy groups -OCH3 is 1. The molecule has 0 atom stereocenters. The van der Waals surface area contributed by atoms with Gasteiger partial charge in [0.15, 0.2) is 5.78 Å². The number of aliphatic hydroxyl groups excluding tert-OH is 1. The Morgan fingerprint density at radius 1 is 1.25 bits per heavy atom. The number of hydrazone groups is 1. The van der Waals surface area contributed by atoms with E-state index in [-0.39, 0.29) is 23.5 Å². The molecule has 0 radical (unpaired) electrons. The van der Waals surface area contributed by atoms with Gasteiger partial charge in [-0.05, 0) is 39.7 Å². The average Bonchev–Trinajstić information content (AvgIpc) is 2.60. The van der Waals surface area contributed by atoms with Crippen LogP contribution < -0.4 is 4.74 Å². The molecule has 28 heavy (non-hydrogen) atoms. The van der Waals surface area contributed by atoms with E-state index in [0.29, 0.717) is 30.7 Å². The Morgan fingerprint density at radius 2 is 1.93 bits per heavy atom. The van der Waals surface area contributed by atoms with E-state index in [1.807, 2.05) is 18.2 Å². The maximum absolute atomic E-state index is 12.5. The maximum atomic E-state index is 12.5. The molecule has 1 aliphatic rings. The Labute approximate surface area is 165 Å². The molecule has 0 heterocycles. The minimum Gasteiger partial charge on any atom is -0.511 e. The van der Waals surface area contributed by atoms with Gasteiger partial charge in [-0.2, -0.15) is 5.10 Å². The number of aliphatic hydroxyl groups is 1. The Hall–Kier alpha value is -2.83. The van der Waals surface area contributed by atoms with Crippen LogP contribution in [0.5, 0.6) is 5.75 Å². The van der Waals surface area contributed by atoms with E-state index in [0.717, 1.165) is 10.6 Å². The second-order valence-corrected chi connectivity index (χ2v) is 7.64. The van der Waals surface area contributed by atoms with Gasteiger partial charge in [0.1, 0.15) is 17.1 Å². The molecule has 0 spiro atoms. The lowest BCUT2D eigenvalue weighted by atomic mass is 9.89. The Kier molecular flexibility index (Phi) is 6.83. The fraction of sp³-hybridized carbons (Fsp3) is 0.476. The first-order valence-electron chi connectivity index (χ1n) is 9.24. The monoisotopic (exact) mass is 388 g/mol. The fourth-order valence-electron chi connectivity index (χ4n) is 2.92. The van der Waals surface area contributed by atoms with Crippen molar-refractivity contribution in [1.29, 1.82) is 0 Å². The molecule has 0 aromatic heterocycles. The van der Waals surface area contributed by atoms with Crippen LogP contribution in [0.25, 0.3) is 0 Å². The summed E-state index contributed by atoms with van der Waals surface area (Å²) in [5.74, 6) is 0.364. The van der Waals surface area contributed by atoms with Crippen molar-refractivity contribution in [3.05, 3.63) is 41.2 Å². The third-order valence-electron chi connectivity index (χ3n) is 4.15. The van der Waals surface area contributed by atoms with Crippen LogP contribution in [0.2, 0.25) is 0 Å². The quantitative estimate of drug-likeness (QED) is 0.478. The summed E-state index contributed by atoms with van der Waals surface area (Å²) in [5, 5.41) is 16.0. The zero-order valence-corrected chi connectivity index (χ0v) is 17.1. The summed E-state index contributed by atoms with van der Waals surface area (Å²) in [6, 6.07) is 7.29. The molecule has 1 fully saturated rings. The lowest BCUT2D eigenvalue weighted by molar-refractivity contribution is -0.115. The third-order valence-corrected chi connectivity index (χ3v) is 4.15. The van der Waals surface area contributed by atoms with Crippen molar-refractivity contribution in [3.63, 3.8) is 0 Å². The smallest absolute Gasteiger partial charge is 0.430 e. The van der Waals surface area contributed by atoms with Crippen molar-refractivity contribution in [1.82, 2.24) is 5.01 Å². The van der Waals surface area contributed by atoms with Crippen molar-refractivity contribution < 1.29 is 24.2 Å². The normalized spacial score (nSPS) is 18.0. The van der Waals surface area contributed by atoms with Crippen LogP contribution in [0, 0.1) is 0 Å². The molecule has 1 aromatic rings. The van der Waals surface area contributed by atoms with Gasteiger partial charge >= 0.3 is 6.09 Å². The molecule has 1 aliphatic carbocycles. The van der Waals surface area contributed by atoms with Crippen LogP contribution in [-0.2, 0) is 16.0 Å². The topological polar surface area (TPSA) is 88.4 Å². The van der Waals surface area contributed by atoms with Gasteiger partial charge in [0.05, 0.1) is 18.4 Å². The first-order chi connectivity index (χ1) is 13.1. The second-order valence-electron chi connectivity index (χ2n) is 7.64. The molecule has 0 aliphatic heterocycles. The Morgan fingerprint density at radius 3 is 2.57 bits per heavy atom. The Balaban J connectivity index is 2.33. The molecule has 152 valence electrons. The van der Waals surface area contributed by atoms with Crippen LogP contribution in [0.4, 0.5) is 4.79 Å². The van der Waals surface area contributed by atoms with Gasteiger partial charge in [0.2, 0.25) is 0 Å². The van der Waals surface area contributed by atoms with E-state index >= 15 is 0 Å². The van der Waals surface area contributed by atoms with Crippen LogP contribution in [0.1, 0.15) is 45.6 Å². The molecule has 1 amide bonds. The SMILES string of the molecule is COc1ccccc1CC(O)=C1C(=O)CCCC1=NN(C)C(=O)OC(C)(C)C. The highest BCUT2D eigenvalue weighted by molar-refractivity contribution is 6.24. The number of carbonyl (C=O) groups excluding carboxylic acids is 2. The van der Waals surface area contributed by atoms with Crippen molar-refractivity contribution in [2.75, 3.05) is 14.2 Å². The number of amides is 1. The molecule has 1 N–H and O–H groups in total. The van der Waals surface area contributed by atoms with E-state index in [1.54, 1.807) is 33.9 Å². The number of hydrogen-bond acceptors (Lipinski definition) is 6. The summed E-state index contributed by atoms with van der Waals surface area (Å²) in [5.41, 5.74) is 0.663. The summed E-state index contributed by atoms with van der Waals surface area (Å²) >= 11 is 0. The number of nitrogens with zero attached hydrogens (tertiary/aromatic N) is 2. The summed E-state index contributed by atoms with van der Waals surface area (Å²) in [7, 11) is 3.02. The Bertz CT molecular complexity index is 805. The molecule has 0 bridgehead atoms. The summed E-state index contributed by atoms with van der Waals surface area (Å²) in [4.78, 5) is 24.7. The van der Waals surface area contributed by atoms with Gasteiger partial charge < -0.3 is 14.6 Å². The zero-order chi connectivity index (χ0) is 20.9. The fourth-order valence-corrected chi connectivity index (χ4v) is 2.92. The summed E-state index contributed by atoms with van der Waals surface area (Å²) in [6.45, 7) is 5.29. The number of benzene rings is 1. The van der Waals surface area contributed by atoms with Crippen molar-refractivity contribution in [3.8, 4) is 5.75 Å². The zero-order valence-electron chi connectivity index (χ0n) is 17.1. The van der Waals surface area contributed by atoms with Crippen LogP contribution in [0.15, 0.2) is 40.7 Å². The average molecular weight is 388 g/mol. The number of Topliss-reactive ketones (excluding diaryl/α,β-unsaturated/α-hetero) is 1. The minimum absolute atomic E-state index is 0.0782. The van der Waals surface area contributed by atoms with Gasteiger partial charge in [-0.3, -0.25) is 4.79 Å². The van der Waals surface area contributed by atoms with Crippen LogP contribution in [0.3, 0.4) is 0 Å². The van der Waals surface area contributed by atoms with E-state index in [4.69, 9.17) is 9.47 Å². The van der Waals surface area contributed by atoms with E-state index in [1.165, 1.54) is 7.05 Å². The second kappa shape index (κ2) is 8.91. The van der Waals surface area contributed by atoms with Crippen LogP contribution >= 0.6 is 0 Å². The largest absolute Gasteiger partial charge is 0.511 e. The highest BCUT2D eigenvalue weighted by atomic mass is 16.6. The van der Waals surface area contributed by atoms with E-state index in [2.05, 4.69) is 5.10 Å². The first kappa shape index (κ1) is 21.5. The number of ketones is 1. The molecule has 7 nitrogen and oxygen atoms in total. The lowest BCUT2D eigenvalue weighted by Gasteiger charge is -2.24. The number of hydrogen-bond donors (Lipinski definition) is 1.